The minimum Gasteiger partial charge on any atom is -0.508 e. The van der Waals surface area contributed by atoms with Gasteiger partial charge in [-0.25, -0.2) is 4.98 Å². The van der Waals surface area contributed by atoms with Crippen molar-refractivity contribution in [2.24, 2.45) is 0 Å². The number of H-pyrrole nitrogens is 1. The maximum Gasteiger partial charge on any atom is 0.272 e. The Hall–Kier alpha value is -3.09. The second-order valence-corrected chi connectivity index (χ2v) is 6.95. The van der Waals surface area contributed by atoms with Crippen LogP contribution in [0.1, 0.15) is 36.2 Å². The van der Waals surface area contributed by atoms with E-state index in [0.29, 0.717) is 11.4 Å². The van der Waals surface area contributed by atoms with Crippen LogP contribution in [0.25, 0.3) is 11.3 Å². The number of phenols is 1. The van der Waals surface area contributed by atoms with Crippen LogP contribution in [-0.2, 0) is 6.54 Å². The van der Waals surface area contributed by atoms with Gasteiger partial charge in [0.2, 0.25) is 0 Å². The molecule has 1 aliphatic heterocycles. The van der Waals surface area contributed by atoms with E-state index in [2.05, 4.69) is 19.7 Å². The van der Waals surface area contributed by atoms with Gasteiger partial charge in [-0.1, -0.05) is 0 Å². The molecule has 1 aliphatic rings. The fourth-order valence-corrected chi connectivity index (χ4v) is 3.65. The number of piperidine rings is 1. The van der Waals surface area contributed by atoms with Crippen LogP contribution >= 0.6 is 0 Å². The third kappa shape index (κ3) is 3.86. The molecule has 0 spiro atoms. The SMILES string of the molecule is O=C(c1cc(-c2ccc(O)cc2)n[nH]1)N1CCCCC1CCn1ccnc1. The summed E-state index contributed by atoms with van der Waals surface area (Å²) in [5, 5.41) is 16.6. The normalized spacial score (nSPS) is 17.2. The van der Waals surface area contributed by atoms with Crippen molar-refractivity contribution in [3.63, 3.8) is 0 Å². The van der Waals surface area contributed by atoms with E-state index in [-0.39, 0.29) is 17.7 Å². The van der Waals surface area contributed by atoms with Gasteiger partial charge in [0.1, 0.15) is 11.4 Å². The van der Waals surface area contributed by atoms with Gasteiger partial charge in [0, 0.05) is 37.1 Å². The lowest BCUT2D eigenvalue weighted by Crippen LogP contribution is -2.44. The molecular formula is C20H23N5O2. The molecule has 3 aromatic rings. The number of phenolic OH excluding ortho intramolecular Hbond substituents is 1. The van der Waals surface area contributed by atoms with E-state index < -0.39 is 0 Å². The van der Waals surface area contributed by atoms with Crippen molar-refractivity contribution < 1.29 is 9.90 Å². The standard InChI is InChI=1S/C20H23N5O2/c26-17-6-4-15(5-7-17)18-13-19(23-22-18)20(27)25-10-2-1-3-16(25)8-11-24-12-9-21-14-24/h4-7,9,12-14,16,26H,1-3,8,10-11H2,(H,22,23). The zero-order chi connectivity index (χ0) is 18.6. The summed E-state index contributed by atoms with van der Waals surface area (Å²) in [6.45, 7) is 1.64. The highest BCUT2D eigenvalue weighted by molar-refractivity contribution is 5.93. The number of nitrogens with one attached hydrogen (secondary N) is 1. The van der Waals surface area contributed by atoms with E-state index in [1.165, 1.54) is 0 Å². The number of hydrogen-bond donors (Lipinski definition) is 2. The molecule has 7 heteroatoms. The molecule has 1 saturated heterocycles. The Morgan fingerprint density at radius 2 is 2.11 bits per heavy atom. The number of rotatable bonds is 5. The molecule has 1 atom stereocenters. The van der Waals surface area contributed by atoms with Crippen molar-refractivity contribution in [1.29, 1.82) is 0 Å². The van der Waals surface area contributed by atoms with E-state index in [1.54, 1.807) is 36.5 Å². The van der Waals surface area contributed by atoms with Crippen molar-refractivity contribution in [3.05, 3.63) is 54.7 Å². The largest absolute Gasteiger partial charge is 0.508 e. The van der Waals surface area contributed by atoms with Gasteiger partial charge in [0.05, 0.1) is 12.0 Å². The van der Waals surface area contributed by atoms with Crippen molar-refractivity contribution in [3.8, 4) is 17.0 Å². The third-order valence-corrected chi connectivity index (χ3v) is 5.14. The number of aryl methyl sites for hydroxylation is 1. The molecule has 3 heterocycles. The molecular weight excluding hydrogens is 342 g/mol. The van der Waals surface area contributed by atoms with Gasteiger partial charge in [-0.05, 0) is 56.0 Å². The molecule has 0 radical (unpaired) electrons. The summed E-state index contributed by atoms with van der Waals surface area (Å²) < 4.78 is 2.05. The number of aromatic hydroxyl groups is 1. The van der Waals surface area contributed by atoms with Gasteiger partial charge in [-0.2, -0.15) is 5.10 Å². The number of carbonyl (C=O) groups excluding carboxylic acids is 1. The van der Waals surface area contributed by atoms with E-state index >= 15 is 0 Å². The molecule has 140 valence electrons. The Morgan fingerprint density at radius 1 is 1.26 bits per heavy atom. The van der Waals surface area contributed by atoms with Crippen LogP contribution < -0.4 is 0 Å². The van der Waals surface area contributed by atoms with Crippen molar-refractivity contribution >= 4 is 5.91 Å². The van der Waals surface area contributed by atoms with Crippen molar-refractivity contribution in [2.75, 3.05) is 6.54 Å². The molecule has 1 unspecified atom stereocenters. The van der Waals surface area contributed by atoms with E-state index in [1.807, 2.05) is 17.4 Å². The maximum atomic E-state index is 13.1. The average molecular weight is 365 g/mol. The summed E-state index contributed by atoms with van der Waals surface area (Å²) in [4.78, 5) is 19.1. The van der Waals surface area contributed by atoms with E-state index in [9.17, 15) is 9.90 Å². The van der Waals surface area contributed by atoms with Gasteiger partial charge in [-0.15, -0.1) is 0 Å². The Kier molecular flexibility index (Phi) is 4.91. The third-order valence-electron chi connectivity index (χ3n) is 5.14. The second kappa shape index (κ2) is 7.65. The average Bonchev–Trinajstić information content (AvgIpc) is 3.39. The summed E-state index contributed by atoms with van der Waals surface area (Å²) >= 11 is 0. The van der Waals surface area contributed by atoms with Crippen molar-refractivity contribution in [2.45, 2.75) is 38.3 Å². The number of benzene rings is 1. The molecule has 27 heavy (non-hydrogen) atoms. The van der Waals surface area contributed by atoms with Crippen LogP contribution in [0.5, 0.6) is 5.75 Å². The summed E-state index contributed by atoms with van der Waals surface area (Å²) in [5.41, 5.74) is 2.07. The number of hydrogen-bond acceptors (Lipinski definition) is 4. The lowest BCUT2D eigenvalue weighted by atomic mass is 9.98. The zero-order valence-electron chi connectivity index (χ0n) is 15.1. The Balaban J connectivity index is 1.47. The molecule has 0 saturated carbocycles. The highest BCUT2D eigenvalue weighted by Gasteiger charge is 2.28. The smallest absolute Gasteiger partial charge is 0.272 e. The topological polar surface area (TPSA) is 87.0 Å². The van der Waals surface area contributed by atoms with Gasteiger partial charge in [0.15, 0.2) is 0 Å². The fraction of sp³-hybridized carbons (Fsp3) is 0.350. The molecule has 0 bridgehead atoms. The predicted octanol–water partition coefficient (Wildman–Crippen LogP) is 3.06. The van der Waals surface area contributed by atoms with Gasteiger partial charge in [-0.3, -0.25) is 9.89 Å². The lowest BCUT2D eigenvalue weighted by Gasteiger charge is -2.35. The van der Waals surface area contributed by atoms with E-state index in [0.717, 1.165) is 44.3 Å². The first-order valence-electron chi connectivity index (χ1n) is 9.32. The quantitative estimate of drug-likeness (QED) is 0.727. The number of nitrogens with zero attached hydrogens (tertiary/aromatic N) is 4. The fourth-order valence-electron chi connectivity index (χ4n) is 3.65. The molecule has 1 fully saturated rings. The first-order valence-corrected chi connectivity index (χ1v) is 9.32. The Bertz CT molecular complexity index is 886. The predicted molar refractivity (Wildman–Crippen MR) is 101 cm³/mol. The van der Waals surface area contributed by atoms with Crippen LogP contribution in [0.15, 0.2) is 49.1 Å². The minimum atomic E-state index is 0.00265. The van der Waals surface area contributed by atoms with E-state index in [4.69, 9.17) is 0 Å². The summed E-state index contributed by atoms with van der Waals surface area (Å²) in [6.07, 6.45) is 9.67. The van der Waals surface area contributed by atoms with Crippen LogP contribution in [0.3, 0.4) is 0 Å². The first-order chi connectivity index (χ1) is 13.2. The molecule has 4 rings (SSSR count). The van der Waals surface area contributed by atoms with Crippen LogP contribution in [0.4, 0.5) is 0 Å². The maximum absolute atomic E-state index is 13.1. The number of imidazole rings is 1. The highest BCUT2D eigenvalue weighted by Crippen LogP contribution is 2.24. The molecule has 1 amide bonds. The summed E-state index contributed by atoms with van der Waals surface area (Å²) in [5.74, 6) is 0.211. The Morgan fingerprint density at radius 3 is 2.89 bits per heavy atom. The number of amides is 1. The molecule has 0 aliphatic carbocycles. The minimum absolute atomic E-state index is 0.00265. The van der Waals surface area contributed by atoms with Crippen LogP contribution in [-0.4, -0.2) is 48.2 Å². The zero-order valence-corrected chi connectivity index (χ0v) is 15.1. The van der Waals surface area contributed by atoms with Crippen molar-refractivity contribution in [1.82, 2.24) is 24.6 Å². The summed E-state index contributed by atoms with van der Waals surface area (Å²) in [7, 11) is 0. The summed E-state index contributed by atoms with van der Waals surface area (Å²) in [6, 6.07) is 8.82. The number of carbonyl (C=O) groups is 1. The van der Waals surface area contributed by atoms with Crippen LogP contribution in [0, 0.1) is 0 Å². The van der Waals surface area contributed by atoms with Gasteiger partial charge < -0.3 is 14.6 Å². The molecule has 2 N–H and O–H groups in total. The Labute approximate surface area is 157 Å². The van der Waals surface area contributed by atoms with Crippen LogP contribution in [0.2, 0.25) is 0 Å². The second-order valence-electron chi connectivity index (χ2n) is 6.95. The molecule has 2 aromatic heterocycles. The number of aromatic nitrogens is 4. The lowest BCUT2D eigenvalue weighted by molar-refractivity contribution is 0.0589. The monoisotopic (exact) mass is 365 g/mol. The highest BCUT2D eigenvalue weighted by atomic mass is 16.3. The number of aromatic amines is 1. The molecule has 7 nitrogen and oxygen atoms in total. The number of likely N-dealkylation sites (tertiary alicyclic amines) is 1. The van der Waals surface area contributed by atoms with Gasteiger partial charge >= 0.3 is 0 Å². The molecule has 1 aromatic carbocycles. The van der Waals surface area contributed by atoms with Gasteiger partial charge in [0.25, 0.3) is 5.91 Å². The first kappa shape index (κ1) is 17.3.